The second-order valence-corrected chi connectivity index (χ2v) is 1.54. The third-order valence-electron chi connectivity index (χ3n) is 0.617. The zero-order chi connectivity index (χ0) is 6.41. The summed E-state index contributed by atoms with van der Waals surface area (Å²) in [5, 5.41) is 0. The van der Waals surface area contributed by atoms with Crippen molar-refractivity contribution in [1.82, 2.24) is 10.9 Å². The first-order chi connectivity index (χ1) is 3.77. The molecule has 0 aromatic carbocycles. The van der Waals surface area contributed by atoms with Gasteiger partial charge in [-0.1, -0.05) is 13.5 Å². The Labute approximate surface area is 49.9 Å². The quantitative estimate of drug-likeness (QED) is 0.344. The van der Waals surface area contributed by atoms with Crippen LogP contribution in [-0.2, 0) is 0 Å². The van der Waals surface area contributed by atoms with Crippen molar-refractivity contribution in [2.24, 2.45) is 5.73 Å². The van der Waals surface area contributed by atoms with Crippen molar-refractivity contribution >= 4 is 0 Å². The van der Waals surface area contributed by atoms with E-state index >= 15 is 0 Å². The highest BCUT2D eigenvalue weighted by atomic mass is 15.3. The van der Waals surface area contributed by atoms with Gasteiger partial charge in [-0.25, -0.2) is 0 Å². The monoisotopic (exact) mass is 115 g/mol. The maximum Gasteiger partial charge on any atom is 0.0490 e. The Morgan fingerprint density at radius 2 is 2.25 bits per heavy atom. The molecule has 0 unspecified atom stereocenters. The summed E-state index contributed by atoms with van der Waals surface area (Å²) in [4.78, 5) is 0. The fraction of sp³-hybridized carbons (Fsp3) is 0.600. The number of hydrazine groups is 1. The standard InChI is InChI=1S/C5H13N3/c1-3-7-8-4-5(2)6/h7-8H,2-4,6H2,1H3. The van der Waals surface area contributed by atoms with E-state index in [1.807, 2.05) is 6.92 Å². The molecular weight excluding hydrogens is 102 g/mol. The second-order valence-electron chi connectivity index (χ2n) is 1.54. The van der Waals surface area contributed by atoms with Crippen LogP contribution in [0.25, 0.3) is 0 Å². The molecule has 8 heavy (non-hydrogen) atoms. The molecule has 0 bridgehead atoms. The number of hydrogen-bond donors (Lipinski definition) is 3. The van der Waals surface area contributed by atoms with Gasteiger partial charge in [0.15, 0.2) is 0 Å². The molecule has 3 nitrogen and oxygen atoms in total. The van der Waals surface area contributed by atoms with Crippen LogP contribution in [0.5, 0.6) is 0 Å². The number of rotatable bonds is 4. The smallest absolute Gasteiger partial charge is 0.0490 e. The minimum atomic E-state index is 0.633. The minimum absolute atomic E-state index is 0.633. The summed E-state index contributed by atoms with van der Waals surface area (Å²) in [5.74, 6) is 0. The van der Waals surface area contributed by atoms with Crippen LogP contribution < -0.4 is 16.6 Å². The molecule has 0 aromatic rings. The van der Waals surface area contributed by atoms with E-state index in [4.69, 9.17) is 5.73 Å². The van der Waals surface area contributed by atoms with Crippen molar-refractivity contribution in [3.8, 4) is 0 Å². The van der Waals surface area contributed by atoms with Crippen LogP contribution in [0.3, 0.4) is 0 Å². The predicted octanol–water partition coefficient (Wildman–Crippen LogP) is -0.427. The van der Waals surface area contributed by atoms with Crippen LogP contribution in [0.4, 0.5) is 0 Å². The van der Waals surface area contributed by atoms with Gasteiger partial charge in [0.25, 0.3) is 0 Å². The van der Waals surface area contributed by atoms with Gasteiger partial charge in [0.05, 0.1) is 0 Å². The molecule has 0 spiro atoms. The first kappa shape index (κ1) is 7.46. The van der Waals surface area contributed by atoms with Crippen LogP contribution in [-0.4, -0.2) is 13.1 Å². The van der Waals surface area contributed by atoms with E-state index in [0.29, 0.717) is 12.2 Å². The van der Waals surface area contributed by atoms with E-state index in [0.717, 1.165) is 6.54 Å². The summed E-state index contributed by atoms with van der Waals surface area (Å²) < 4.78 is 0. The van der Waals surface area contributed by atoms with Crippen molar-refractivity contribution < 1.29 is 0 Å². The Kier molecular flexibility index (Phi) is 4.30. The molecular formula is C5H13N3. The third-order valence-corrected chi connectivity index (χ3v) is 0.617. The molecule has 0 atom stereocenters. The number of nitrogens with two attached hydrogens (primary N) is 1. The normalized spacial score (nSPS) is 9.12. The Hall–Kier alpha value is -0.540. The van der Waals surface area contributed by atoms with Gasteiger partial charge in [0, 0.05) is 18.8 Å². The summed E-state index contributed by atoms with van der Waals surface area (Å²) in [6.45, 7) is 7.04. The topological polar surface area (TPSA) is 50.1 Å². The van der Waals surface area contributed by atoms with E-state index in [1.165, 1.54) is 0 Å². The number of nitrogens with one attached hydrogen (secondary N) is 2. The van der Waals surface area contributed by atoms with Crippen molar-refractivity contribution in [2.75, 3.05) is 13.1 Å². The van der Waals surface area contributed by atoms with E-state index in [9.17, 15) is 0 Å². The predicted molar refractivity (Wildman–Crippen MR) is 35.0 cm³/mol. The molecule has 48 valence electrons. The molecule has 0 rings (SSSR count). The lowest BCUT2D eigenvalue weighted by atomic mass is 10.5. The lowest BCUT2D eigenvalue weighted by Crippen LogP contribution is -2.34. The number of hydrogen-bond acceptors (Lipinski definition) is 3. The van der Waals surface area contributed by atoms with Crippen molar-refractivity contribution in [3.63, 3.8) is 0 Å². The summed E-state index contributed by atoms with van der Waals surface area (Å²) >= 11 is 0. The maximum atomic E-state index is 5.24. The van der Waals surface area contributed by atoms with Crippen molar-refractivity contribution in [2.45, 2.75) is 6.92 Å². The van der Waals surface area contributed by atoms with E-state index in [2.05, 4.69) is 17.4 Å². The van der Waals surface area contributed by atoms with E-state index < -0.39 is 0 Å². The van der Waals surface area contributed by atoms with Gasteiger partial charge < -0.3 is 5.73 Å². The maximum absolute atomic E-state index is 5.24. The Bertz CT molecular complexity index is 70.1. The highest BCUT2D eigenvalue weighted by Gasteiger charge is 1.80. The average molecular weight is 115 g/mol. The third kappa shape index (κ3) is 5.46. The summed E-state index contributed by atoms with van der Waals surface area (Å²) in [5.41, 5.74) is 11.6. The fourth-order valence-corrected chi connectivity index (χ4v) is 0.301. The summed E-state index contributed by atoms with van der Waals surface area (Å²) in [6.07, 6.45) is 0. The average Bonchev–Trinajstić information content (AvgIpc) is 1.66. The molecule has 0 heterocycles. The summed E-state index contributed by atoms with van der Waals surface area (Å²) in [6, 6.07) is 0. The molecule has 0 aromatic heterocycles. The van der Waals surface area contributed by atoms with Crippen LogP contribution >= 0.6 is 0 Å². The first-order valence-electron chi connectivity index (χ1n) is 2.66. The van der Waals surface area contributed by atoms with Crippen LogP contribution in [0, 0.1) is 0 Å². The van der Waals surface area contributed by atoms with Gasteiger partial charge in [-0.05, 0) is 0 Å². The first-order valence-corrected chi connectivity index (χ1v) is 2.66. The van der Waals surface area contributed by atoms with Gasteiger partial charge in [-0.2, -0.15) is 0 Å². The van der Waals surface area contributed by atoms with Crippen molar-refractivity contribution in [1.29, 1.82) is 0 Å². The lowest BCUT2D eigenvalue weighted by molar-refractivity contribution is 0.580. The van der Waals surface area contributed by atoms with E-state index in [-0.39, 0.29) is 0 Å². The van der Waals surface area contributed by atoms with E-state index in [1.54, 1.807) is 0 Å². The van der Waals surface area contributed by atoms with Gasteiger partial charge in [0.2, 0.25) is 0 Å². The Morgan fingerprint density at radius 1 is 1.62 bits per heavy atom. The van der Waals surface area contributed by atoms with Gasteiger partial charge >= 0.3 is 0 Å². The SMILES string of the molecule is C=C(N)CNNCC. The highest BCUT2D eigenvalue weighted by Crippen LogP contribution is 1.66. The van der Waals surface area contributed by atoms with Gasteiger partial charge in [0.1, 0.15) is 0 Å². The lowest BCUT2D eigenvalue weighted by Gasteiger charge is -2.01. The molecule has 3 heteroatoms. The molecule has 0 saturated heterocycles. The zero-order valence-electron chi connectivity index (χ0n) is 5.20. The highest BCUT2D eigenvalue weighted by molar-refractivity contribution is 4.87. The fourth-order valence-electron chi connectivity index (χ4n) is 0.301. The molecule has 0 saturated carbocycles. The van der Waals surface area contributed by atoms with Crippen LogP contribution in [0.15, 0.2) is 12.3 Å². The van der Waals surface area contributed by atoms with Crippen LogP contribution in [0.1, 0.15) is 6.92 Å². The molecule has 0 aliphatic heterocycles. The summed E-state index contributed by atoms with van der Waals surface area (Å²) in [7, 11) is 0. The molecule has 4 N–H and O–H groups in total. The van der Waals surface area contributed by atoms with Crippen molar-refractivity contribution in [3.05, 3.63) is 12.3 Å². The molecule has 0 aliphatic carbocycles. The van der Waals surface area contributed by atoms with Gasteiger partial charge in [-0.3, -0.25) is 10.9 Å². The zero-order valence-corrected chi connectivity index (χ0v) is 5.20. The molecule has 0 amide bonds. The molecule has 0 radical (unpaired) electrons. The van der Waals surface area contributed by atoms with Crippen LogP contribution in [0.2, 0.25) is 0 Å². The Morgan fingerprint density at radius 3 is 2.62 bits per heavy atom. The Balaban J connectivity index is 2.82. The molecule has 0 aliphatic rings. The largest absolute Gasteiger partial charge is 0.401 e. The minimum Gasteiger partial charge on any atom is -0.401 e. The second kappa shape index (κ2) is 4.61. The van der Waals surface area contributed by atoms with Gasteiger partial charge in [-0.15, -0.1) is 0 Å². The molecule has 0 fully saturated rings.